The molecule has 4 rings (SSSR count). The molecule has 3 N–H and O–H groups in total. The van der Waals surface area contributed by atoms with Crippen molar-refractivity contribution in [3.8, 4) is 0 Å². The van der Waals surface area contributed by atoms with E-state index >= 15 is 0 Å². The molecule has 2 aromatic carbocycles. The van der Waals surface area contributed by atoms with Crippen molar-refractivity contribution in [3.05, 3.63) is 87.4 Å². The van der Waals surface area contributed by atoms with Gasteiger partial charge in [0.25, 0.3) is 0 Å². The molecule has 0 aliphatic carbocycles. The highest BCUT2D eigenvalue weighted by Crippen LogP contribution is 2.46. The number of halogens is 2. The van der Waals surface area contributed by atoms with Crippen LogP contribution in [-0.2, 0) is 14.3 Å². The summed E-state index contributed by atoms with van der Waals surface area (Å²) in [6, 6.07) is 11.1. The van der Waals surface area contributed by atoms with Crippen molar-refractivity contribution in [2.24, 2.45) is 0 Å². The van der Waals surface area contributed by atoms with E-state index in [1.165, 1.54) is 12.7 Å². The molecule has 34 heavy (non-hydrogen) atoms. The largest absolute Gasteiger partial charge is 0.466 e. The molecule has 1 aliphatic rings. The molecule has 0 radical (unpaired) electrons. The van der Waals surface area contributed by atoms with E-state index in [9.17, 15) is 18.4 Å². The number of fused-ring (bicyclic) bond motifs is 1. The molecule has 0 bridgehead atoms. The molecule has 1 unspecified atom stereocenters. The van der Waals surface area contributed by atoms with Crippen LogP contribution in [-0.4, -0.2) is 26.5 Å². The standard InChI is InChI=1S/C18H20N2O2S.C7H5F2NO/c1-10-9-23-17-14(10)16(12-6-5-7-13(8-12)19-3)15(11(2)20-17)18(21)22-4;8-5-1-2-7(10-4-11)6(9)3-5/h5-9,16,19-20H,1-4H3;1-4H,(H,10,11). The van der Waals surface area contributed by atoms with Crippen LogP contribution < -0.4 is 16.0 Å². The Balaban J connectivity index is 0.000000248. The van der Waals surface area contributed by atoms with Crippen molar-refractivity contribution in [1.82, 2.24) is 0 Å². The Hall–Kier alpha value is -3.72. The maximum atomic E-state index is 12.6. The van der Waals surface area contributed by atoms with E-state index in [1.54, 1.807) is 11.3 Å². The number of benzene rings is 2. The summed E-state index contributed by atoms with van der Waals surface area (Å²) in [5, 5.41) is 11.8. The number of hydrogen-bond acceptors (Lipinski definition) is 6. The number of carbonyl (C=O) groups is 2. The predicted molar refractivity (Wildman–Crippen MR) is 131 cm³/mol. The molecule has 3 aromatic rings. The summed E-state index contributed by atoms with van der Waals surface area (Å²) in [5.41, 5.74) is 5.96. The molecule has 6 nitrogen and oxygen atoms in total. The summed E-state index contributed by atoms with van der Waals surface area (Å²) >= 11 is 1.67. The smallest absolute Gasteiger partial charge is 0.336 e. The Kier molecular flexibility index (Phi) is 8.01. The number of aryl methyl sites for hydroxylation is 1. The number of thiophene rings is 1. The average molecular weight is 486 g/mol. The van der Waals surface area contributed by atoms with Gasteiger partial charge in [0.05, 0.1) is 23.4 Å². The minimum absolute atomic E-state index is 0.0265. The van der Waals surface area contributed by atoms with Gasteiger partial charge in [0.15, 0.2) is 0 Å². The maximum Gasteiger partial charge on any atom is 0.336 e. The number of carbonyl (C=O) groups excluding carboxylic acids is 2. The van der Waals surface area contributed by atoms with Gasteiger partial charge in [-0.05, 0) is 54.6 Å². The average Bonchev–Trinajstić information content (AvgIpc) is 3.20. The molecular weight excluding hydrogens is 460 g/mol. The number of amides is 1. The van der Waals surface area contributed by atoms with Crippen LogP contribution in [0.3, 0.4) is 0 Å². The van der Waals surface area contributed by atoms with Crippen molar-refractivity contribution in [1.29, 1.82) is 0 Å². The summed E-state index contributed by atoms with van der Waals surface area (Å²) in [6.07, 6.45) is 0.330. The summed E-state index contributed by atoms with van der Waals surface area (Å²) in [7, 11) is 3.32. The Bertz CT molecular complexity index is 1240. The molecular formula is C25H25F2N3O3S. The van der Waals surface area contributed by atoms with E-state index in [4.69, 9.17) is 4.74 Å². The van der Waals surface area contributed by atoms with E-state index in [1.807, 2.05) is 26.1 Å². The first kappa shape index (κ1) is 24.9. The van der Waals surface area contributed by atoms with Crippen molar-refractivity contribution < 1.29 is 23.1 Å². The molecule has 1 amide bonds. The van der Waals surface area contributed by atoms with Crippen LogP contribution in [0.1, 0.15) is 29.5 Å². The lowest BCUT2D eigenvalue weighted by molar-refractivity contribution is -0.136. The lowest BCUT2D eigenvalue weighted by Gasteiger charge is -2.28. The molecule has 0 spiro atoms. The first-order valence-corrected chi connectivity index (χ1v) is 11.3. The summed E-state index contributed by atoms with van der Waals surface area (Å²) in [6.45, 7) is 4.01. The maximum absolute atomic E-state index is 12.6. The number of nitrogens with one attached hydrogen (secondary N) is 3. The van der Waals surface area contributed by atoms with Gasteiger partial charge in [0.2, 0.25) is 6.41 Å². The minimum atomic E-state index is -0.780. The summed E-state index contributed by atoms with van der Waals surface area (Å²) < 4.78 is 29.9. The van der Waals surface area contributed by atoms with Gasteiger partial charge in [-0.3, -0.25) is 4.79 Å². The fraction of sp³-hybridized carbons (Fsp3) is 0.200. The van der Waals surface area contributed by atoms with E-state index < -0.39 is 11.6 Å². The number of esters is 1. The van der Waals surface area contributed by atoms with E-state index in [2.05, 4.69) is 40.4 Å². The van der Waals surface area contributed by atoms with Gasteiger partial charge in [0, 0.05) is 36.0 Å². The van der Waals surface area contributed by atoms with Crippen LogP contribution in [0.15, 0.2) is 59.1 Å². The second kappa shape index (κ2) is 10.9. The number of allylic oxidation sites excluding steroid dienone is 1. The number of ether oxygens (including phenoxy) is 1. The summed E-state index contributed by atoms with van der Waals surface area (Å²) in [4.78, 5) is 22.3. The zero-order valence-corrected chi connectivity index (χ0v) is 20.0. The van der Waals surface area contributed by atoms with Crippen LogP contribution in [0.25, 0.3) is 0 Å². The minimum Gasteiger partial charge on any atom is -0.466 e. The van der Waals surface area contributed by atoms with Gasteiger partial charge < -0.3 is 20.7 Å². The van der Waals surface area contributed by atoms with Crippen molar-refractivity contribution in [2.45, 2.75) is 19.8 Å². The molecule has 1 aliphatic heterocycles. The van der Waals surface area contributed by atoms with Crippen LogP contribution in [0.2, 0.25) is 0 Å². The highest BCUT2D eigenvalue weighted by atomic mass is 32.1. The first-order chi connectivity index (χ1) is 16.3. The Morgan fingerprint density at radius 1 is 1.18 bits per heavy atom. The molecule has 0 saturated carbocycles. The first-order valence-electron chi connectivity index (χ1n) is 10.4. The summed E-state index contributed by atoms with van der Waals surface area (Å²) in [5.74, 6) is -1.85. The fourth-order valence-electron chi connectivity index (χ4n) is 3.77. The molecule has 2 heterocycles. The molecule has 1 aromatic heterocycles. The second-order valence-electron chi connectivity index (χ2n) is 7.51. The number of methoxy groups -OCH3 is 1. The zero-order chi connectivity index (χ0) is 24.8. The molecule has 0 saturated heterocycles. The number of anilines is 3. The SMILES string of the molecule is CNc1cccc(C2C(C(=O)OC)=C(C)Nc3scc(C)c32)c1.O=CNc1ccc(F)cc1F. The third-order valence-corrected chi connectivity index (χ3v) is 6.39. The fourth-order valence-corrected chi connectivity index (χ4v) is 4.80. The van der Waals surface area contributed by atoms with E-state index in [0.29, 0.717) is 18.0 Å². The third-order valence-electron chi connectivity index (χ3n) is 5.36. The topological polar surface area (TPSA) is 79.5 Å². The molecule has 178 valence electrons. The van der Waals surface area contributed by atoms with Crippen LogP contribution in [0.5, 0.6) is 0 Å². The van der Waals surface area contributed by atoms with Crippen LogP contribution >= 0.6 is 11.3 Å². The number of hydrogen-bond donors (Lipinski definition) is 3. The Morgan fingerprint density at radius 3 is 2.59 bits per heavy atom. The quantitative estimate of drug-likeness (QED) is 0.322. The monoisotopic (exact) mass is 485 g/mol. The predicted octanol–water partition coefficient (Wildman–Crippen LogP) is 5.64. The lowest BCUT2D eigenvalue weighted by Crippen LogP contribution is -2.23. The van der Waals surface area contributed by atoms with Gasteiger partial charge in [0.1, 0.15) is 11.6 Å². The molecule has 1 atom stereocenters. The number of rotatable bonds is 5. The Labute approximate surface area is 200 Å². The van der Waals surface area contributed by atoms with Gasteiger partial charge in [-0.1, -0.05) is 12.1 Å². The molecule has 9 heteroatoms. The highest BCUT2D eigenvalue weighted by Gasteiger charge is 2.34. The van der Waals surface area contributed by atoms with Crippen molar-refractivity contribution in [3.63, 3.8) is 0 Å². The normalized spacial score (nSPS) is 14.2. The molecule has 0 fully saturated rings. The van der Waals surface area contributed by atoms with Gasteiger partial charge in [-0.15, -0.1) is 11.3 Å². The van der Waals surface area contributed by atoms with Crippen molar-refractivity contribution in [2.75, 3.05) is 30.1 Å². The van der Waals surface area contributed by atoms with Gasteiger partial charge in [-0.25, -0.2) is 13.6 Å². The van der Waals surface area contributed by atoms with Crippen LogP contribution in [0, 0.1) is 18.6 Å². The zero-order valence-electron chi connectivity index (χ0n) is 19.2. The second-order valence-corrected chi connectivity index (χ2v) is 8.39. The van der Waals surface area contributed by atoms with Crippen LogP contribution in [0.4, 0.5) is 25.2 Å². The van der Waals surface area contributed by atoms with Crippen molar-refractivity contribution >= 4 is 40.1 Å². The Morgan fingerprint density at radius 2 is 1.94 bits per heavy atom. The van der Waals surface area contributed by atoms with E-state index in [0.717, 1.165) is 39.6 Å². The highest BCUT2D eigenvalue weighted by molar-refractivity contribution is 7.14. The van der Waals surface area contributed by atoms with E-state index in [-0.39, 0.29) is 17.6 Å². The van der Waals surface area contributed by atoms with Gasteiger partial charge in [-0.2, -0.15) is 0 Å². The third kappa shape index (κ3) is 5.26. The van der Waals surface area contributed by atoms with Gasteiger partial charge >= 0.3 is 5.97 Å². The lowest BCUT2D eigenvalue weighted by atomic mass is 9.81.